The predicted molar refractivity (Wildman–Crippen MR) is 37.5 cm³/mol. The van der Waals surface area contributed by atoms with Gasteiger partial charge in [0.25, 0.3) is 0 Å². The third-order valence-corrected chi connectivity index (χ3v) is 1.78. The summed E-state index contributed by atoms with van der Waals surface area (Å²) in [5.41, 5.74) is 0. The minimum absolute atomic E-state index is 0.618. The largest absolute Gasteiger partial charge is 0.350 e. The van der Waals surface area contributed by atoms with E-state index < -0.39 is 0 Å². The summed E-state index contributed by atoms with van der Waals surface area (Å²) in [4.78, 5) is 11.8. The van der Waals surface area contributed by atoms with Crippen LogP contribution in [0.3, 0.4) is 0 Å². The highest BCUT2D eigenvalue weighted by Crippen LogP contribution is 2.12. The maximum atomic E-state index is 9.79. The van der Waals surface area contributed by atoms with Crippen LogP contribution in [0.15, 0.2) is 11.6 Å². The molecule has 3 nitrogen and oxygen atoms in total. The molecule has 0 atom stereocenters. The van der Waals surface area contributed by atoms with Gasteiger partial charge in [0.1, 0.15) is 0 Å². The van der Waals surface area contributed by atoms with Crippen molar-refractivity contribution >= 4 is 18.2 Å². The van der Waals surface area contributed by atoms with Crippen LogP contribution in [-0.2, 0) is 4.79 Å². The predicted octanol–water partition coefficient (Wildman–Crippen LogP) is 0.167. The van der Waals surface area contributed by atoms with Crippen LogP contribution >= 0.6 is 11.8 Å². The van der Waals surface area contributed by atoms with Crippen molar-refractivity contribution in [2.75, 3.05) is 12.5 Å². The zero-order chi connectivity index (χ0) is 6.53. The molecule has 4 heteroatoms. The van der Waals surface area contributed by atoms with E-state index in [0.29, 0.717) is 13.1 Å². The van der Waals surface area contributed by atoms with Crippen molar-refractivity contribution in [1.29, 1.82) is 0 Å². The monoisotopic (exact) mass is 144 g/mol. The minimum atomic E-state index is 0.618. The maximum Gasteiger partial charge on any atom is 0.208 e. The second kappa shape index (κ2) is 3.40. The number of nitrogens with zero attached hydrogens (tertiary/aromatic N) is 1. The number of rotatable bonds is 3. The number of carbonyl (C=O) groups excluding carboxylic acids is 1. The van der Waals surface area contributed by atoms with Gasteiger partial charge in [-0.25, -0.2) is 0 Å². The van der Waals surface area contributed by atoms with Gasteiger partial charge in [0.05, 0.1) is 12.5 Å². The van der Waals surface area contributed by atoms with E-state index in [2.05, 4.69) is 5.32 Å². The molecule has 0 unspecified atom stereocenters. The van der Waals surface area contributed by atoms with E-state index in [-0.39, 0.29) is 0 Å². The van der Waals surface area contributed by atoms with E-state index in [1.165, 1.54) is 0 Å². The highest BCUT2D eigenvalue weighted by atomic mass is 32.2. The average Bonchev–Trinajstić information content (AvgIpc) is 2.34. The zero-order valence-electron chi connectivity index (χ0n) is 4.91. The fraction of sp³-hybridized carbons (Fsp3) is 0.400. The SMILES string of the molecule is O=CNCN1C=CSC1. The van der Waals surface area contributed by atoms with Gasteiger partial charge in [-0.15, -0.1) is 11.8 Å². The van der Waals surface area contributed by atoms with Crippen molar-refractivity contribution < 1.29 is 4.79 Å². The van der Waals surface area contributed by atoms with Gasteiger partial charge in [0, 0.05) is 6.20 Å². The highest BCUT2D eigenvalue weighted by Gasteiger charge is 2.00. The Labute approximate surface area is 58.1 Å². The quantitative estimate of drug-likeness (QED) is 0.573. The lowest BCUT2D eigenvalue weighted by molar-refractivity contribution is -0.109. The first-order valence-corrected chi connectivity index (χ1v) is 3.68. The first-order valence-electron chi connectivity index (χ1n) is 2.63. The summed E-state index contributed by atoms with van der Waals surface area (Å²) in [5, 5.41) is 4.58. The van der Waals surface area contributed by atoms with Crippen molar-refractivity contribution in [2.24, 2.45) is 0 Å². The number of nitrogens with one attached hydrogen (secondary N) is 1. The third-order valence-electron chi connectivity index (χ3n) is 0.986. The van der Waals surface area contributed by atoms with Crippen molar-refractivity contribution in [3.8, 4) is 0 Å². The topological polar surface area (TPSA) is 32.3 Å². The van der Waals surface area contributed by atoms with Gasteiger partial charge in [-0.05, 0) is 5.41 Å². The molecule has 9 heavy (non-hydrogen) atoms. The smallest absolute Gasteiger partial charge is 0.208 e. The molecule has 1 heterocycles. The van der Waals surface area contributed by atoms with Gasteiger partial charge in [-0.3, -0.25) is 4.79 Å². The maximum absolute atomic E-state index is 9.79. The van der Waals surface area contributed by atoms with E-state index in [0.717, 1.165) is 5.88 Å². The highest BCUT2D eigenvalue weighted by molar-refractivity contribution is 8.02. The second-order valence-electron chi connectivity index (χ2n) is 1.65. The van der Waals surface area contributed by atoms with Crippen molar-refractivity contribution in [3.05, 3.63) is 11.6 Å². The summed E-state index contributed by atoms with van der Waals surface area (Å²) in [7, 11) is 0. The Morgan fingerprint density at radius 1 is 1.89 bits per heavy atom. The van der Waals surface area contributed by atoms with E-state index in [4.69, 9.17) is 0 Å². The molecule has 0 fully saturated rings. The molecule has 1 amide bonds. The van der Waals surface area contributed by atoms with E-state index in [9.17, 15) is 4.79 Å². The summed E-state index contributed by atoms with van der Waals surface area (Å²) in [6.45, 7) is 0.618. The lowest BCUT2D eigenvalue weighted by atomic mass is 10.8. The van der Waals surface area contributed by atoms with Crippen molar-refractivity contribution in [2.45, 2.75) is 0 Å². The summed E-state index contributed by atoms with van der Waals surface area (Å²) in [6, 6.07) is 0. The van der Waals surface area contributed by atoms with Gasteiger partial charge in [0.2, 0.25) is 6.41 Å². The zero-order valence-corrected chi connectivity index (χ0v) is 5.73. The third kappa shape index (κ3) is 1.97. The molecule has 0 saturated heterocycles. The van der Waals surface area contributed by atoms with Crippen LogP contribution in [0, 0.1) is 0 Å². The number of thioether (sulfide) groups is 1. The fourth-order valence-corrected chi connectivity index (χ4v) is 1.28. The Morgan fingerprint density at radius 3 is 3.33 bits per heavy atom. The van der Waals surface area contributed by atoms with E-state index in [1.54, 1.807) is 11.8 Å². The Hall–Kier alpha value is -0.640. The van der Waals surface area contributed by atoms with Gasteiger partial charge < -0.3 is 10.2 Å². The van der Waals surface area contributed by atoms with Crippen LogP contribution in [0.25, 0.3) is 0 Å². The van der Waals surface area contributed by atoms with Crippen LogP contribution in [0.2, 0.25) is 0 Å². The summed E-state index contributed by atoms with van der Waals surface area (Å²) in [5.74, 6) is 0.945. The van der Waals surface area contributed by atoms with Crippen LogP contribution in [0.1, 0.15) is 0 Å². The van der Waals surface area contributed by atoms with Gasteiger partial charge in [0.15, 0.2) is 0 Å². The second-order valence-corrected chi connectivity index (χ2v) is 2.51. The molecule has 0 aromatic carbocycles. The molecule has 0 bridgehead atoms. The van der Waals surface area contributed by atoms with Crippen LogP contribution in [0.4, 0.5) is 0 Å². The molecule has 0 spiro atoms. The lowest BCUT2D eigenvalue weighted by Gasteiger charge is -2.11. The number of hydrogen-bond donors (Lipinski definition) is 1. The Morgan fingerprint density at radius 2 is 2.78 bits per heavy atom. The first kappa shape index (κ1) is 6.48. The summed E-state index contributed by atoms with van der Waals surface area (Å²) >= 11 is 1.72. The van der Waals surface area contributed by atoms with E-state index >= 15 is 0 Å². The van der Waals surface area contributed by atoms with Gasteiger partial charge in [-0.2, -0.15) is 0 Å². The molecule has 0 radical (unpaired) electrons. The van der Waals surface area contributed by atoms with Crippen LogP contribution in [0.5, 0.6) is 0 Å². The van der Waals surface area contributed by atoms with Crippen molar-refractivity contribution in [1.82, 2.24) is 10.2 Å². The first-order chi connectivity index (χ1) is 4.43. The fourth-order valence-electron chi connectivity index (χ4n) is 0.564. The van der Waals surface area contributed by atoms with Crippen LogP contribution < -0.4 is 5.32 Å². The Bertz CT molecular complexity index is 126. The Kier molecular flexibility index (Phi) is 2.45. The van der Waals surface area contributed by atoms with Gasteiger partial charge in [-0.1, -0.05) is 0 Å². The average molecular weight is 144 g/mol. The minimum Gasteiger partial charge on any atom is -0.350 e. The summed E-state index contributed by atoms with van der Waals surface area (Å²) < 4.78 is 0. The molecule has 1 aliphatic heterocycles. The molecular weight excluding hydrogens is 136 g/mol. The molecule has 0 aromatic rings. The van der Waals surface area contributed by atoms with Gasteiger partial charge >= 0.3 is 0 Å². The van der Waals surface area contributed by atoms with Crippen molar-refractivity contribution in [3.63, 3.8) is 0 Å². The van der Waals surface area contributed by atoms with Crippen LogP contribution in [-0.4, -0.2) is 23.9 Å². The molecule has 1 aliphatic rings. The number of hydrogen-bond acceptors (Lipinski definition) is 3. The molecule has 0 aliphatic carbocycles. The Balaban J connectivity index is 2.12. The number of amides is 1. The summed E-state index contributed by atoms with van der Waals surface area (Å²) in [6.07, 6.45) is 2.66. The standard InChI is InChI=1S/C5H8N2OS/c8-4-6-3-7-1-2-9-5-7/h1-2,4H,3,5H2,(H,6,8). The molecule has 50 valence electrons. The number of carbonyl (C=O) groups is 1. The molecule has 0 saturated carbocycles. The molecular formula is C5H8N2OS. The van der Waals surface area contributed by atoms with E-state index in [1.807, 2.05) is 16.5 Å². The molecule has 1 N–H and O–H groups in total. The lowest BCUT2D eigenvalue weighted by Crippen LogP contribution is -2.27. The normalized spacial score (nSPS) is 16.2. The molecule has 0 aromatic heterocycles. The molecule has 1 rings (SSSR count).